The summed E-state index contributed by atoms with van der Waals surface area (Å²) in [5.74, 6) is 0. The third-order valence-electron chi connectivity index (χ3n) is 10.3. The van der Waals surface area contributed by atoms with Crippen molar-refractivity contribution in [3.05, 3.63) is 0 Å². The fourth-order valence-electron chi connectivity index (χ4n) is 7.02. The summed E-state index contributed by atoms with van der Waals surface area (Å²) in [6.45, 7) is -4.56. The van der Waals surface area contributed by atoms with E-state index in [1.165, 1.54) is 0 Å². The molecule has 5 aliphatic rings. The van der Waals surface area contributed by atoms with Crippen LogP contribution in [0.2, 0.25) is 0 Å². The average Bonchev–Trinajstić information content (AvgIpc) is 3.19. The smallest absolute Gasteiger partial charge is 0.187 e. The molecule has 0 amide bonds. The topological polar surface area (TPSA) is 427 Å². The van der Waals surface area contributed by atoms with Crippen molar-refractivity contribution in [3.8, 4) is 0 Å². The van der Waals surface area contributed by atoms with Crippen molar-refractivity contribution in [1.82, 2.24) is 0 Å². The Bertz CT molecular complexity index is 1200. The molecule has 0 aromatic carbocycles. The highest BCUT2D eigenvalue weighted by Gasteiger charge is 2.56. The summed E-state index contributed by atoms with van der Waals surface area (Å²) in [5, 5.41) is 176. The molecule has 26 heteroatoms. The molecule has 1 unspecified atom stereocenters. The highest BCUT2D eigenvalue weighted by atomic mass is 16.8. The quantitative estimate of drug-likeness (QED) is 0.0819. The first-order valence-electron chi connectivity index (χ1n) is 17.6. The fraction of sp³-hybridized carbons (Fsp3) is 1.00. The molecule has 0 bridgehead atoms. The molecule has 0 aromatic rings. The van der Waals surface area contributed by atoms with E-state index in [0.717, 1.165) is 0 Å². The van der Waals surface area contributed by atoms with Gasteiger partial charge in [0.05, 0.1) is 33.0 Å². The van der Waals surface area contributed by atoms with Crippen LogP contribution < -0.4 is 0 Å². The summed E-state index contributed by atoms with van der Waals surface area (Å²) < 4.78 is 49.1. The maximum absolute atomic E-state index is 11.2. The van der Waals surface area contributed by atoms with Crippen molar-refractivity contribution in [3.63, 3.8) is 0 Å². The van der Waals surface area contributed by atoms with Gasteiger partial charge in [0.15, 0.2) is 31.5 Å². The summed E-state index contributed by atoms with van der Waals surface area (Å²) in [5.41, 5.74) is 0. The molecular weight excluding hydrogens is 776 g/mol. The fourth-order valence-corrected chi connectivity index (χ4v) is 7.02. The Morgan fingerprint density at radius 3 is 0.982 bits per heavy atom. The van der Waals surface area contributed by atoms with Crippen LogP contribution in [0.4, 0.5) is 0 Å². The molecule has 328 valence electrons. The van der Waals surface area contributed by atoms with Gasteiger partial charge in [0.25, 0.3) is 0 Å². The summed E-state index contributed by atoms with van der Waals surface area (Å²) in [7, 11) is 0. The van der Waals surface area contributed by atoms with Crippen LogP contribution in [0.1, 0.15) is 0 Å². The molecule has 5 saturated heterocycles. The van der Waals surface area contributed by atoms with Crippen molar-refractivity contribution in [2.24, 2.45) is 0 Å². The Labute approximate surface area is 316 Å². The van der Waals surface area contributed by atoms with Gasteiger partial charge in [0.1, 0.15) is 122 Å². The average molecular weight is 829 g/mol. The van der Waals surface area contributed by atoms with Gasteiger partial charge in [0.2, 0.25) is 0 Å². The molecule has 17 N–H and O–H groups in total. The van der Waals surface area contributed by atoms with E-state index >= 15 is 0 Å². The zero-order valence-electron chi connectivity index (χ0n) is 29.2. The van der Waals surface area contributed by atoms with Crippen LogP contribution in [0.15, 0.2) is 0 Å². The maximum atomic E-state index is 11.2. The molecule has 0 saturated carbocycles. The van der Waals surface area contributed by atoms with Crippen molar-refractivity contribution < 1.29 is 129 Å². The van der Waals surface area contributed by atoms with Crippen molar-refractivity contribution in [2.45, 2.75) is 154 Å². The molecule has 0 aromatic heterocycles. The van der Waals surface area contributed by atoms with Gasteiger partial charge in [-0.05, 0) is 0 Å². The highest BCUT2D eigenvalue weighted by Crippen LogP contribution is 2.35. The molecule has 0 spiro atoms. The zero-order valence-corrected chi connectivity index (χ0v) is 29.2. The summed E-state index contributed by atoms with van der Waals surface area (Å²) in [4.78, 5) is 0. The van der Waals surface area contributed by atoms with Gasteiger partial charge in [-0.2, -0.15) is 0 Å². The van der Waals surface area contributed by atoms with Crippen molar-refractivity contribution >= 4 is 0 Å². The van der Waals surface area contributed by atoms with E-state index in [1.54, 1.807) is 0 Å². The molecule has 26 nitrogen and oxygen atoms in total. The van der Waals surface area contributed by atoms with E-state index in [0.29, 0.717) is 0 Å². The molecule has 5 heterocycles. The number of hydrogen-bond acceptors (Lipinski definition) is 26. The molecule has 5 aliphatic heterocycles. The second-order valence-corrected chi connectivity index (χ2v) is 13.9. The maximum Gasteiger partial charge on any atom is 0.187 e. The van der Waals surface area contributed by atoms with E-state index in [-0.39, 0.29) is 0 Å². The summed E-state index contributed by atoms with van der Waals surface area (Å²) in [6, 6.07) is 0. The van der Waals surface area contributed by atoms with Crippen LogP contribution in [-0.4, -0.2) is 273 Å². The van der Waals surface area contributed by atoms with Gasteiger partial charge < -0.3 is 129 Å². The largest absolute Gasteiger partial charge is 0.394 e. The number of ether oxygens (including phenoxy) is 9. The molecule has 56 heavy (non-hydrogen) atoms. The summed E-state index contributed by atoms with van der Waals surface area (Å²) >= 11 is 0. The van der Waals surface area contributed by atoms with E-state index in [1.807, 2.05) is 0 Å². The van der Waals surface area contributed by atoms with Crippen LogP contribution in [0.25, 0.3) is 0 Å². The van der Waals surface area contributed by atoms with Crippen LogP contribution in [0.3, 0.4) is 0 Å². The molecular formula is C30H52O26. The third kappa shape index (κ3) is 9.16. The van der Waals surface area contributed by atoms with Crippen LogP contribution >= 0.6 is 0 Å². The Morgan fingerprint density at radius 1 is 0.268 bits per heavy atom. The summed E-state index contributed by atoms with van der Waals surface area (Å²) in [6.07, 6.45) is -46.5. The normalized spacial score (nSPS) is 53.2. The first kappa shape index (κ1) is 46.0. The second kappa shape index (κ2) is 19.6. The monoisotopic (exact) mass is 828 g/mol. The van der Waals surface area contributed by atoms with E-state index in [2.05, 4.69) is 0 Å². The van der Waals surface area contributed by atoms with Gasteiger partial charge in [-0.1, -0.05) is 0 Å². The Hall–Kier alpha value is -1.04. The molecule has 0 radical (unpaired) electrons. The first-order chi connectivity index (χ1) is 26.5. The minimum Gasteiger partial charge on any atom is -0.394 e. The van der Waals surface area contributed by atoms with E-state index < -0.39 is 187 Å². The lowest BCUT2D eigenvalue weighted by atomic mass is 9.95. The van der Waals surface area contributed by atoms with Gasteiger partial charge >= 0.3 is 0 Å². The molecule has 5 fully saturated rings. The van der Waals surface area contributed by atoms with Crippen molar-refractivity contribution in [1.29, 1.82) is 0 Å². The number of hydrogen-bond donors (Lipinski definition) is 17. The van der Waals surface area contributed by atoms with Crippen LogP contribution in [-0.2, 0) is 42.6 Å². The Morgan fingerprint density at radius 2 is 0.571 bits per heavy atom. The zero-order chi connectivity index (χ0) is 41.3. The van der Waals surface area contributed by atoms with Crippen LogP contribution in [0, 0.1) is 0 Å². The lowest BCUT2D eigenvalue weighted by Crippen LogP contribution is -2.68. The minimum absolute atomic E-state index is 0.839. The molecule has 0 aliphatic carbocycles. The van der Waals surface area contributed by atoms with Gasteiger partial charge in [-0.25, -0.2) is 0 Å². The van der Waals surface area contributed by atoms with Gasteiger partial charge in [0, 0.05) is 0 Å². The Balaban J connectivity index is 1.29. The highest BCUT2D eigenvalue weighted by molar-refractivity contribution is 4.99. The SMILES string of the molecule is OC[C@H]1O[C@@H](O[C@@H]2[C@@H](O)[C@H](O[C@H]3[C@H](O)[C@@H](O)[C@H](O[C@@H]4[C@@H](O)[C@H](O[C@H]5[C@H](O)[C@@H](O)C(O)O[C@@H]5CO)O[C@H](CO)[C@H]4O)O[C@@H]3CO)O[C@H](CO)[C@H]2O)[C@H](O)[C@@H](O)[C@@H]1O. The van der Waals surface area contributed by atoms with Gasteiger partial charge in [-0.3, -0.25) is 0 Å². The standard InChI is InChI=1S/C30H52O26/c31-1-6-11(36)14(39)18(43)27(49-6)55-24-12(37)7(2-32)51-30(20(24)45)54-23-10(5-35)52-28(19(44)16(23)41)56-25-13(38)8(3-33)50-29(21(25)46)53-22-9(4-34)48-26(47)17(42)15(22)40/h6-47H,1-5H2/t6-,7-,8-,9-,10-,11-,12-,13-,14+,15-,16-,17-,18-,19-,20-,21-,22-,23-,24+,25+,26?,27+,28+,29+,30+/m1/s1. The lowest BCUT2D eigenvalue weighted by Gasteiger charge is -2.49. The number of aliphatic hydroxyl groups is 17. The Kier molecular flexibility index (Phi) is 16.1. The van der Waals surface area contributed by atoms with Gasteiger partial charge in [-0.15, -0.1) is 0 Å². The second-order valence-electron chi connectivity index (χ2n) is 13.9. The minimum atomic E-state index is -2.16. The molecule has 25 atom stereocenters. The molecule has 5 rings (SSSR count). The predicted octanol–water partition coefficient (Wildman–Crippen LogP) is -11.9. The van der Waals surface area contributed by atoms with E-state index in [9.17, 15) is 86.8 Å². The first-order valence-corrected chi connectivity index (χ1v) is 17.6. The van der Waals surface area contributed by atoms with Crippen molar-refractivity contribution in [2.75, 3.05) is 33.0 Å². The van der Waals surface area contributed by atoms with Crippen LogP contribution in [0.5, 0.6) is 0 Å². The predicted molar refractivity (Wildman–Crippen MR) is 167 cm³/mol. The number of rotatable bonds is 13. The lowest BCUT2D eigenvalue weighted by molar-refractivity contribution is -0.394. The van der Waals surface area contributed by atoms with E-state index in [4.69, 9.17) is 42.6 Å². The third-order valence-corrected chi connectivity index (χ3v) is 10.3. The number of aliphatic hydroxyl groups excluding tert-OH is 17.